The van der Waals surface area contributed by atoms with Crippen LogP contribution in [0, 0.1) is 5.41 Å². The summed E-state index contributed by atoms with van der Waals surface area (Å²) in [4.78, 5) is 56.9. The van der Waals surface area contributed by atoms with Gasteiger partial charge < -0.3 is 23.8 Å². The topological polar surface area (TPSA) is 108 Å². The minimum Gasteiger partial charge on any atom is -0.465 e. The molecular weight excluding hydrogens is 839 g/mol. The highest BCUT2D eigenvalue weighted by Gasteiger charge is 2.52. The van der Waals surface area contributed by atoms with Crippen LogP contribution in [0.3, 0.4) is 0 Å². The fourth-order valence-electron chi connectivity index (χ4n) is 8.03. The Morgan fingerprint density at radius 1 is 0.418 bits per heavy atom. The van der Waals surface area contributed by atoms with E-state index in [9.17, 15) is 19.2 Å². The largest absolute Gasteiger partial charge is 0.465 e. The molecule has 1 atom stereocenters. The van der Waals surface area contributed by atoms with Gasteiger partial charge in [-0.15, -0.1) is 0 Å². The molecule has 0 aromatic carbocycles. The zero-order valence-electron chi connectivity index (χ0n) is 44.5. The molecule has 67 heavy (non-hydrogen) atoms. The molecule has 0 radical (unpaired) electrons. The lowest BCUT2D eigenvalue weighted by Gasteiger charge is -2.37. The molecule has 0 heterocycles. The molecule has 0 aromatic heterocycles. The Morgan fingerprint density at radius 3 is 1.22 bits per heavy atom. The van der Waals surface area contributed by atoms with E-state index in [-0.39, 0.29) is 25.9 Å². The van der Waals surface area contributed by atoms with Crippen molar-refractivity contribution in [2.24, 2.45) is 5.41 Å². The molecule has 0 aliphatic rings. The van der Waals surface area contributed by atoms with Gasteiger partial charge in [0.25, 0.3) is 0 Å². The van der Waals surface area contributed by atoms with E-state index in [0.717, 1.165) is 116 Å². The highest BCUT2D eigenvalue weighted by molar-refractivity contribution is 5.80. The molecule has 390 valence electrons. The van der Waals surface area contributed by atoms with Gasteiger partial charge in [-0.1, -0.05) is 167 Å². The van der Waals surface area contributed by atoms with Crippen LogP contribution in [0.1, 0.15) is 259 Å². The lowest BCUT2D eigenvalue weighted by atomic mass is 9.80. The number of hydrogen-bond donors (Lipinski definition) is 0. The second-order valence-electron chi connectivity index (χ2n) is 19.4. The average Bonchev–Trinajstić information content (AvgIpc) is 3.31. The number of unbranched alkanes of at least 4 members (excludes halogenated alkanes) is 24. The second-order valence-corrected chi connectivity index (χ2v) is 19.4. The maximum absolute atomic E-state index is 14.4. The van der Waals surface area contributed by atoms with Crippen LogP contribution in [-0.4, -0.2) is 75.3 Å². The van der Waals surface area contributed by atoms with Crippen LogP contribution in [-0.2, 0) is 38.1 Å². The Bertz CT molecular complexity index is 1210. The van der Waals surface area contributed by atoms with Crippen LogP contribution >= 0.6 is 0 Å². The summed E-state index contributed by atoms with van der Waals surface area (Å²) in [5.74, 6) is -1.92. The van der Waals surface area contributed by atoms with Crippen LogP contribution < -0.4 is 0 Å². The third kappa shape index (κ3) is 39.6. The van der Waals surface area contributed by atoms with E-state index in [4.69, 9.17) is 18.9 Å². The van der Waals surface area contributed by atoms with Gasteiger partial charge in [0.15, 0.2) is 5.41 Å². The van der Waals surface area contributed by atoms with Crippen LogP contribution in [0.25, 0.3) is 0 Å². The third-order valence-electron chi connectivity index (χ3n) is 12.5. The van der Waals surface area contributed by atoms with Crippen molar-refractivity contribution < 1.29 is 38.1 Å². The van der Waals surface area contributed by atoms with Crippen molar-refractivity contribution in [3.8, 4) is 0 Å². The van der Waals surface area contributed by atoms with Gasteiger partial charge in [-0.25, -0.2) is 0 Å². The first-order chi connectivity index (χ1) is 32.7. The number of nitrogens with zero attached hydrogens (tertiary/aromatic N) is 1. The molecule has 0 spiro atoms. The van der Waals surface area contributed by atoms with Crippen molar-refractivity contribution >= 4 is 23.9 Å². The van der Waals surface area contributed by atoms with Crippen molar-refractivity contribution in [1.82, 2.24) is 4.90 Å². The summed E-state index contributed by atoms with van der Waals surface area (Å²) in [5, 5.41) is 0. The maximum atomic E-state index is 14.4. The lowest BCUT2D eigenvalue weighted by Crippen LogP contribution is -2.53. The van der Waals surface area contributed by atoms with Gasteiger partial charge >= 0.3 is 23.9 Å². The molecule has 0 amide bonds. The molecule has 0 aromatic rings. The van der Waals surface area contributed by atoms with Gasteiger partial charge in [-0.3, -0.25) is 19.2 Å². The number of rotatable bonds is 49. The van der Waals surface area contributed by atoms with Gasteiger partial charge in [0.2, 0.25) is 0 Å². The third-order valence-corrected chi connectivity index (χ3v) is 12.5. The molecule has 0 aliphatic heterocycles. The van der Waals surface area contributed by atoms with Crippen molar-refractivity contribution in [3.63, 3.8) is 0 Å². The van der Waals surface area contributed by atoms with E-state index < -0.39 is 48.6 Å². The predicted molar refractivity (Wildman–Crippen MR) is 280 cm³/mol. The summed E-state index contributed by atoms with van der Waals surface area (Å²) in [5.41, 5.74) is -1.70. The highest BCUT2D eigenvalue weighted by atomic mass is 16.6. The number of allylic oxidation sites excluding steroid dienone is 6. The minimum atomic E-state index is -1.70. The summed E-state index contributed by atoms with van der Waals surface area (Å²) in [6, 6.07) is 0. The zero-order chi connectivity index (χ0) is 49.3. The van der Waals surface area contributed by atoms with E-state index in [0.29, 0.717) is 38.5 Å². The number of hydrogen-bond acceptors (Lipinski definition) is 9. The Balaban J connectivity index is 6.03. The SMILES string of the molecule is CCCC/C=C\CCCCCCCC(=O)OCC(COC(=O)CCCCCCC/C=C\CCCC)(C(=O)OCCC)C(CCCCC/C=C\CCCCCCCC)OC(=O)CCCCN(C)C. The first-order valence-electron chi connectivity index (χ1n) is 27.9. The van der Waals surface area contributed by atoms with Crippen LogP contribution in [0.15, 0.2) is 36.5 Å². The van der Waals surface area contributed by atoms with Gasteiger partial charge in [-0.2, -0.15) is 0 Å². The molecule has 0 saturated carbocycles. The van der Waals surface area contributed by atoms with Crippen molar-refractivity contribution in [1.29, 1.82) is 0 Å². The van der Waals surface area contributed by atoms with Crippen LogP contribution in [0.4, 0.5) is 0 Å². The molecule has 0 bridgehead atoms. The maximum Gasteiger partial charge on any atom is 0.322 e. The van der Waals surface area contributed by atoms with E-state index in [1.807, 2.05) is 21.0 Å². The van der Waals surface area contributed by atoms with Crippen molar-refractivity contribution in [2.45, 2.75) is 265 Å². The van der Waals surface area contributed by atoms with Crippen molar-refractivity contribution in [2.75, 3.05) is 40.5 Å². The number of esters is 4. The van der Waals surface area contributed by atoms with E-state index in [1.165, 1.54) is 64.2 Å². The van der Waals surface area contributed by atoms with Crippen molar-refractivity contribution in [3.05, 3.63) is 36.5 Å². The van der Waals surface area contributed by atoms with Gasteiger partial charge in [0.05, 0.1) is 6.61 Å². The average molecular weight is 944 g/mol. The molecule has 9 nitrogen and oxygen atoms in total. The molecule has 0 fully saturated rings. The molecular formula is C58H105NO8. The zero-order valence-corrected chi connectivity index (χ0v) is 44.5. The Morgan fingerprint density at radius 2 is 0.791 bits per heavy atom. The predicted octanol–water partition coefficient (Wildman–Crippen LogP) is 15.9. The number of ether oxygens (including phenoxy) is 4. The molecule has 0 aliphatic carbocycles. The first-order valence-corrected chi connectivity index (χ1v) is 27.9. The fourth-order valence-corrected chi connectivity index (χ4v) is 8.03. The number of carbonyl (C=O) groups excluding carboxylic acids is 4. The van der Waals surface area contributed by atoms with E-state index >= 15 is 0 Å². The smallest absolute Gasteiger partial charge is 0.322 e. The van der Waals surface area contributed by atoms with Crippen LogP contribution in [0.2, 0.25) is 0 Å². The van der Waals surface area contributed by atoms with E-state index in [1.54, 1.807) is 0 Å². The standard InChI is InChI=1S/C58H105NO8/c1-7-11-14-17-20-23-26-27-30-31-34-37-40-45-53(67-56(62)48-43-44-49-59(5)6)58(57(63)64-50-10-4,51-65-54(60)46-41-38-35-32-28-24-21-18-15-12-8-2)52-66-55(61)47-42-39-36-33-29-25-22-19-16-13-9-3/h18-19,21-22,27,30,53H,7-17,20,23-26,28-29,31-52H2,1-6H3/b21-18-,22-19-,30-27-. The summed E-state index contributed by atoms with van der Waals surface area (Å²) >= 11 is 0. The summed E-state index contributed by atoms with van der Waals surface area (Å²) < 4.78 is 24.0. The molecule has 0 rings (SSSR count). The minimum absolute atomic E-state index is 0.141. The highest BCUT2D eigenvalue weighted by Crippen LogP contribution is 2.34. The fraction of sp³-hybridized carbons (Fsp3) is 0.828. The van der Waals surface area contributed by atoms with Gasteiger partial charge in [0.1, 0.15) is 19.3 Å². The Labute approximate surface area is 412 Å². The van der Waals surface area contributed by atoms with Crippen LogP contribution in [0.5, 0.6) is 0 Å². The number of carbonyl (C=O) groups is 4. The summed E-state index contributed by atoms with van der Waals surface area (Å²) in [6.45, 7) is 8.78. The Kier molecular flexibility index (Phi) is 46.0. The lowest BCUT2D eigenvalue weighted by molar-refractivity contribution is -0.191. The quantitative estimate of drug-likeness (QED) is 0.0255. The Hall–Kier alpha value is -2.94. The molecule has 9 heteroatoms. The van der Waals surface area contributed by atoms with Gasteiger partial charge in [-0.05, 0) is 130 Å². The monoisotopic (exact) mass is 944 g/mol. The molecule has 1 unspecified atom stereocenters. The van der Waals surface area contributed by atoms with E-state index in [2.05, 4.69) is 62.1 Å². The second kappa shape index (κ2) is 48.1. The first kappa shape index (κ1) is 64.1. The van der Waals surface area contributed by atoms with Gasteiger partial charge in [0, 0.05) is 19.3 Å². The summed E-state index contributed by atoms with van der Waals surface area (Å²) in [6.07, 6.45) is 47.1. The normalized spacial score (nSPS) is 12.5. The summed E-state index contributed by atoms with van der Waals surface area (Å²) in [7, 11) is 4.01. The molecule has 0 saturated heterocycles. The molecule has 0 N–H and O–H groups in total.